The topological polar surface area (TPSA) is 32.7 Å². The van der Waals surface area contributed by atoms with Gasteiger partial charge in [-0.25, -0.2) is 0 Å². The highest BCUT2D eigenvalue weighted by Crippen LogP contribution is 2.25. The molecule has 0 N–H and O–H groups in total. The van der Waals surface area contributed by atoms with Gasteiger partial charge in [-0.3, -0.25) is 4.79 Å². The number of amides is 1. The molecular weight excluding hydrogens is 212 g/mol. The Morgan fingerprint density at radius 1 is 1.12 bits per heavy atom. The fourth-order valence-electron chi connectivity index (χ4n) is 1.94. The molecule has 0 atom stereocenters. The van der Waals surface area contributed by atoms with Crippen LogP contribution in [-0.4, -0.2) is 11.6 Å². The molecule has 0 bridgehead atoms. The lowest BCUT2D eigenvalue weighted by atomic mass is 10.1. The van der Waals surface area contributed by atoms with Crippen LogP contribution in [0.15, 0.2) is 40.5 Å². The third kappa shape index (κ3) is 2.00. The van der Waals surface area contributed by atoms with Crippen LogP contribution < -0.4 is 5.01 Å². The second-order valence-electron chi connectivity index (χ2n) is 4.51. The first-order valence-corrected chi connectivity index (χ1v) is 5.65. The van der Waals surface area contributed by atoms with E-state index in [4.69, 9.17) is 0 Å². The summed E-state index contributed by atoms with van der Waals surface area (Å²) in [7, 11) is 0. The molecule has 0 saturated carbocycles. The van der Waals surface area contributed by atoms with Crippen molar-refractivity contribution >= 4 is 17.3 Å². The minimum Gasteiger partial charge on any atom is -0.267 e. The van der Waals surface area contributed by atoms with E-state index in [1.165, 1.54) is 10.6 Å². The number of carbonyl (C=O) groups is 1. The van der Waals surface area contributed by atoms with E-state index in [0.717, 1.165) is 22.5 Å². The quantitative estimate of drug-likeness (QED) is 0.680. The molecule has 3 nitrogen and oxygen atoms in total. The largest absolute Gasteiger partial charge is 0.280 e. The number of aryl methyl sites for hydroxylation is 1. The molecule has 0 aromatic heterocycles. The zero-order valence-corrected chi connectivity index (χ0v) is 10.6. The van der Waals surface area contributed by atoms with Crippen LogP contribution in [0.1, 0.15) is 26.3 Å². The second kappa shape index (κ2) is 4.17. The van der Waals surface area contributed by atoms with E-state index in [2.05, 4.69) is 5.10 Å². The van der Waals surface area contributed by atoms with E-state index < -0.39 is 0 Å². The molecule has 1 heterocycles. The standard InChI is InChI=1S/C14H16N2O/c1-9(2)13-11(4)15-16(14(13)17)12-7-5-10(3)6-8-12/h5-8H,1-4H3. The number of allylic oxidation sites excluding steroid dienone is 1. The van der Waals surface area contributed by atoms with Crippen molar-refractivity contribution in [3.63, 3.8) is 0 Å². The Hall–Kier alpha value is -1.90. The van der Waals surface area contributed by atoms with Crippen molar-refractivity contribution in [3.05, 3.63) is 41.0 Å². The first-order chi connectivity index (χ1) is 8.00. The van der Waals surface area contributed by atoms with Crippen molar-refractivity contribution in [1.29, 1.82) is 0 Å². The molecule has 0 aliphatic carbocycles. The van der Waals surface area contributed by atoms with E-state index in [9.17, 15) is 4.79 Å². The molecule has 3 heteroatoms. The first kappa shape index (κ1) is 11.6. The van der Waals surface area contributed by atoms with Gasteiger partial charge in [0, 0.05) is 0 Å². The van der Waals surface area contributed by atoms with E-state index in [1.807, 2.05) is 52.0 Å². The molecule has 0 spiro atoms. The Morgan fingerprint density at radius 2 is 1.71 bits per heavy atom. The summed E-state index contributed by atoms with van der Waals surface area (Å²) in [5.41, 5.74) is 4.51. The lowest BCUT2D eigenvalue weighted by molar-refractivity contribution is -0.114. The summed E-state index contributed by atoms with van der Waals surface area (Å²) in [6.45, 7) is 7.76. The first-order valence-electron chi connectivity index (χ1n) is 5.65. The number of hydrazone groups is 1. The minimum atomic E-state index is -0.0358. The number of nitrogens with zero attached hydrogens (tertiary/aromatic N) is 2. The smallest absolute Gasteiger partial charge is 0.267 e. The van der Waals surface area contributed by atoms with Crippen molar-refractivity contribution < 1.29 is 4.79 Å². The van der Waals surface area contributed by atoms with Gasteiger partial charge in [0.2, 0.25) is 0 Å². The van der Waals surface area contributed by atoms with Crippen LogP contribution in [0.3, 0.4) is 0 Å². The van der Waals surface area contributed by atoms with Gasteiger partial charge >= 0.3 is 0 Å². The predicted molar refractivity (Wildman–Crippen MR) is 70.1 cm³/mol. The molecule has 0 unspecified atom stereocenters. The highest BCUT2D eigenvalue weighted by Gasteiger charge is 2.29. The Kier molecular flexibility index (Phi) is 2.84. The Morgan fingerprint density at radius 3 is 2.18 bits per heavy atom. The van der Waals surface area contributed by atoms with Gasteiger partial charge in [-0.15, -0.1) is 0 Å². The van der Waals surface area contributed by atoms with Gasteiger partial charge in [-0.2, -0.15) is 10.1 Å². The van der Waals surface area contributed by atoms with Gasteiger partial charge in [0.05, 0.1) is 17.0 Å². The maximum atomic E-state index is 12.2. The second-order valence-corrected chi connectivity index (χ2v) is 4.51. The zero-order chi connectivity index (χ0) is 12.6. The van der Waals surface area contributed by atoms with Crippen LogP contribution in [0.25, 0.3) is 0 Å². The molecule has 0 radical (unpaired) electrons. The minimum absolute atomic E-state index is 0.0358. The van der Waals surface area contributed by atoms with Crippen LogP contribution >= 0.6 is 0 Å². The number of hydrogen-bond donors (Lipinski definition) is 0. The average molecular weight is 228 g/mol. The molecule has 0 fully saturated rings. The fourth-order valence-corrected chi connectivity index (χ4v) is 1.94. The SMILES string of the molecule is CC1=NN(c2ccc(C)cc2)C(=O)C1=C(C)C. The van der Waals surface area contributed by atoms with Gasteiger partial charge in [0.1, 0.15) is 0 Å². The number of carbonyl (C=O) groups excluding carboxylic acids is 1. The molecule has 2 rings (SSSR count). The van der Waals surface area contributed by atoms with Crippen molar-refractivity contribution in [2.75, 3.05) is 5.01 Å². The van der Waals surface area contributed by atoms with Crippen molar-refractivity contribution in [1.82, 2.24) is 0 Å². The zero-order valence-electron chi connectivity index (χ0n) is 10.6. The summed E-state index contributed by atoms with van der Waals surface area (Å²) in [6, 6.07) is 7.79. The molecule has 88 valence electrons. The fraction of sp³-hybridized carbons (Fsp3) is 0.286. The number of rotatable bonds is 1. The number of benzene rings is 1. The van der Waals surface area contributed by atoms with Crippen LogP contribution in [-0.2, 0) is 4.79 Å². The van der Waals surface area contributed by atoms with Crippen molar-refractivity contribution in [2.24, 2.45) is 5.10 Å². The summed E-state index contributed by atoms with van der Waals surface area (Å²) < 4.78 is 0. The molecule has 1 aliphatic heterocycles. The predicted octanol–water partition coefficient (Wildman–Crippen LogP) is 3.05. The Balaban J connectivity index is 2.41. The van der Waals surface area contributed by atoms with Gasteiger partial charge in [-0.05, 0) is 39.8 Å². The number of hydrogen-bond acceptors (Lipinski definition) is 2. The van der Waals surface area contributed by atoms with E-state index >= 15 is 0 Å². The Labute approximate surface area is 101 Å². The highest BCUT2D eigenvalue weighted by molar-refractivity contribution is 6.30. The summed E-state index contributed by atoms with van der Waals surface area (Å²) in [5, 5.41) is 5.78. The molecule has 17 heavy (non-hydrogen) atoms. The van der Waals surface area contributed by atoms with Crippen LogP contribution in [0.5, 0.6) is 0 Å². The lowest BCUT2D eigenvalue weighted by Crippen LogP contribution is -2.21. The van der Waals surface area contributed by atoms with Gasteiger partial charge in [0.25, 0.3) is 5.91 Å². The van der Waals surface area contributed by atoms with Gasteiger partial charge in [-0.1, -0.05) is 23.3 Å². The lowest BCUT2D eigenvalue weighted by Gasteiger charge is -2.12. The molecule has 1 amide bonds. The third-order valence-electron chi connectivity index (χ3n) is 2.80. The molecule has 1 aromatic carbocycles. The van der Waals surface area contributed by atoms with E-state index in [-0.39, 0.29) is 5.91 Å². The summed E-state index contributed by atoms with van der Waals surface area (Å²) in [6.07, 6.45) is 0. The monoisotopic (exact) mass is 228 g/mol. The maximum Gasteiger partial charge on any atom is 0.280 e. The summed E-state index contributed by atoms with van der Waals surface area (Å²) >= 11 is 0. The van der Waals surface area contributed by atoms with E-state index in [0.29, 0.717) is 0 Å². The van der Waals surface area contributed by atoms with Crippen LogP contribution in [0, 0.1) is 6.92 Å². The average Bonchev–Trinajstić information content (AvgIpc) is 2.55. The Bertz CT molecular complexity index is 520. The molecule has 1 aromatic rings. The highest BCUT2D eigenvalue weighted by atomic mass is 16.2. The normalized spacial score (nSPS) is 15.3. The number of anilines is 1. The molecule has 0 saturated heterocycles. The summed E-state index contributed by atoms with van der Waals surface area (Å²) in [4.78, 5) is 12.2. The van der Waals surface area contributed by atoms with Crippen molar-refractivity contribution in [3.8, 4) is 0 Å². The third-order valence-corrected chi connectivity index (χ3v) is 2.80. The van der Waals surface area contributed by atoms with Gasteiger partial charge in [0.15, 0.2) is 0 Å². The van der Waals surface area contributed by atoms with Crippen LogP contribution in [0.2, 0.25) is 0 Å². The molecule has 1 aliphatic rings. The van der Waals surface area contributed by atoms with Crippen LogP contribution in [0.4, 0.5) is 5.69 Å². The maximum absolute atomic E-state index is 12.2. The summed E-state index contributed by atoms with van der Waals surface area (Å²) in [5.74, 6) is -0.0358. The van der Waals surface area contributed by atoms with Gasteiger partial charge < -0.3 is 0 Å². The van der Waals surface area contributed by atoms with E-state index in [1.54, 1.807) is 0 Å². The molecular formula is C14H16N2O. The van der Waals surface area contributed by atoms with Crippen molar-refractivity contribution in [2.45, 2.75) is 27.7 Å².